The number of hydrogen-bond donors (Lipinski definition) is 1. The minimum absolute atomic E-state index is 0.0210. The normalized spacial score (nSPS) is 24.2. The van der Waals surface area contributed by atoms with Crippen LogP contribution >= 0.6 is 11.5 Å². The van der Waals surface area contributed by atoms with Gasteiger partial charge in [-0.1, -0.05) is 12.1 Å². The minimum atomic E-state index is -0.0210. The van der Waals surface area contributed by atoms with Gasteiger partial charge in [-0.3, -0.25) is 9.69 Å². The molecule has 1 aromatic carbocycles. The van der Waals surface area contributed by atoms with Crippen LogP contribution in [0.5, 0.6) is 0 Å². The molecule has 1 saturated heterocycles. The second-order valence-electron chi connectivity index (χ2n) is 9.28. The molecule has 2 fully saturated rings. The molecule has 5 rings (SSSR count). The molecule has 32 heavy (non-hydrogen) atoms. The zero-order valence-corrected chi connectivity index (χ0v) is 19.6. The standard InChI is InChI=1S/C25H32N5OS/c1-18-6-11-22(26-18)25(31)27-20-9-7-19(8-10-20)12-13-29-14-16-30(17-15-29)24-21-4-2-3-5-23(21)32-28-24/h2-6,11,19-20H,7-10,12-17H2,1H3,(H,27,31). The number of carbonyl (C=O) groups is 1. The summed E-state index contributed by atoms with van der Waals surface area (Å²) in [6.45, 7) is 7.45. The lowest BCUT2D eigenvalue weighted by atomic mass is 9.84. The van der Waals surface area contributed by atoms with Crippen molar-refractivity contribution in [1.82, 2.24) is 19.9 Å². The van der Waals surface area contributed by atoms with E-state index in [1.165, 1.54) is 35.9 Å². The van der Waals surface area contributed by atoms with Gasteiger partial charge in [-0.25, -0.2) is 5.32 Å². The average Bonchev–Trinajstić information content (AvgIpc) is 3.45. The number of benzene rings is 1. The molecule has 0 atom stereocenters. The Kier molecular flexibility index (Phi) is 6.46. The summed E-state index contributed by atoms with van der Waals surface area (Å²) < 4.78 is 6.00. The Morgan fingerprint density at radius 1 is 1.09 bits per heavy atom. The molecule has 3 heterocycles. The molecule has 6 nitrogen and oxygen atoms in total. The number of anilines is 1. The Labute approximate surface area is 194 Å². The summed E-state index contributed by atoms with van der Waals surface area (Å²) in [7, 11) is 0. The molecule has 1 amide bonds. The highest BCUT2D eigenvalue weighted by molar-refractivity contribution is 7.13. The van der Waals surface area contributed by atoms with Gasteiger partial charge in [-0.15, -0.1) is 0 Å². The van der Waals surface area contributed by atoms with Gasteiger partial charge in [0.25, 0.3) is 5.91 Å². The van der Waals surface area contributed by atoms with Gasteiger partial charge in [0.05, 0.1) is 4.70 Å². The summed E-state index contributed by atoms with van der Waals surface area (Å²) in [5, 5.41) is 8.76. The Balaban J connectivity index is 1.02. The van der Waals surface area contributed by atoms with E-state index in [-0.39, 0.29) is 5.91 Å². The predicted octanol–water partition coefficient (Wildman–Crippen LogP) is 3.89. The number of carbonyl (C=O) groups excluding carboxylic acids is 1. The summed E-state index contributed by atoms with van der Waals surface area (Å²) in [6.07, 6.45) is 9.56. The largest absolute Gasteiger partial charge is 0.353 e. The summed E-state index contributed by atoms with van der Waals surface area (Å²) in [5.41, 5.74) is 1.45. The van der Waals surface area contributed by atoms with Crippen LogP contribution in [0.15, 0.2) is 47.8 Å². The number of amides is 1. The molecular weight excluding hydrogens is 418 g/mol. The molecule has 2 aromatic rings. The Bertz CT molecular complexity index is 1010. The number of allylic oxidation sites excluding steroid dienone is 3. The monoisotopic (exact) mass is 450 g/mol. The van der Waals surface area contributed by atoms with Gasteiger partial charge in [0, 0.05) is 43.3 Å². The number of hydrogen-bond acceptors (Lipinski definition) is 5. The van der Waals surface area contributed by atoms with Crippen LogP contribution in [-0.2, 0) is 4.79 Å². The molecule has 3 aliphatic rings. The lowest BCUT2D eigenvalue weighted by Crippen LogP contribution is -2.47. The highest BCUT2D eigenvalue weighted by Crippen LogP contribution is 2.30. The third-order valence-electron chi connectivity index (χ3n) is 7.08. The van der Waals surface area contributed by atoms with Crippen molar-refractivity contribution in [2.75, 3.05) is 37.6 Å². The van der Waals surface area contributed by atoms with E-state index in [4.69, 9.17) is 4.37 Å². The maximum Gasteiger partial charge on any atom is 0.270 e. The van der Waals surface area contributed by atoms with Crippen LogP contribution in [0, 0.1) is 5.92 Å². The lowest BCUT2D eigenvalue weighted by molar-refractivity contribution is -0.118. The van der Waals surface area contributed by atoms with Gasteiger partial charge in [-0.05, 0) is 87.3 Å². The van der Waals surface area contributed by atoms with E-state index >= 15 is 0 Å². The molecule has 1 aromatic heterocycles. The summed E-state index contributed by atoms with van der Waals surface area (Å²) in [5.74, 6) is 1.92. The first-order chi connectivity index (χ1) is 15.7. The van der Waals surface area contributed by atoms with Crippen molar-refractivity contribution in [2.45, 2.75) is 45.1 Å². The lowest BCUT2D eigenvalue weighted by Gasteiger charge is -2.36. The summed E-state index contributed by atoms with van der Waals surface area (Å²) >= 11 is 1.61. The van der Waals surface area contributed by atoms with Crippen molar-refractivity contribution >= 4 is 33.3 Å². The summed E-state index contributed by atoms with van der Waals surface area (Å²) in [6, 6.07) is 8.84. The van der Waals surface area contributed by atoms with E-state index in [0.29, 0.717) is 11.7 Å². The van der Waals surface area contributed by atoms with Crippen LogP contribution in [0.2, 0.25) is 0 Å². The number of nitrogens with one attached hydrogen (secondary N) is 1. The van der Waals surface area contributed by atoms with Crippen LogP contribution in [0.1, 0.15) is 39.0 Å². The van der Waals surface area contributed by atoms with E-state index in [0.717, 1.165) is 56.5 Å². The molecule has 0 bridgehead atoms. The van der Waals surface area contributed by atoms with Crippen molar-refractivity contribution in [3.63, 3.8) is 0 Å². The smallest absolute Gasteiger partial charge is 0.270 e. The average molecular weight is 451 g/mol. The summed E-state index contributed by atoms with van der Waals surface area (Å²) in [4.78, 5) is 17.4. The predicted molar refractivity (Wildman–Crippen MR) is 131 cm³/mol. The van der Waals surface area contributed by atoms with Gasteiger partial charge >= 0.3 is 0 Å². The van der Waals surface area contributed by atoms with Crippen LogP contribution in [-0.4, -0.2) is 53.9 Å². The zero-order valence-electron chi connectivity index (χ0n) is 18.8. The molecule has 2 aliphatic heterocycles. The van der Waals surface area contributed by atoms with E-state index in [2.05, 4.69) is 44.7 Å². The Morgan fingerprint density at radius 3 is 2.62 bits per heavy atom. The third-order valence-corrected chi connectivity index (χ3v) is 7.89. The number of aromatic nitrogens is 1. The maximum absolute atomic E-state index is 12.3. The van der Waals surface area contributed by atoms with Crippen molar-refractivity contribution in [3.8, 4) is 0 Å². The Morgan fingerprint density at radius 2 is 1.88 bits per heavy atom. The van der Waals surface area contributed by atoms with E-state index in [9.17, 15) is 4.79 Å². The van der Waals surface area contributed by atoms with Crippen molar-refractivity contribution < 1.29 is 4.79 Å². The van der Waals surface area contributed by atoms with Crippen molar-refractivity contribution in [2.24, 2.45) is 5.92 Å². The highest BCUT2D eigenvalue weighted by Gasteiger charge is 2.26. The number of piperazine rings is 1. The molecule has 1 saturated carbocycles. The number of fused-ring (bicyclic) bond motifs is 1. The molecule has 0 spiro atoms. The van der Waals surface area contributed by atoms with Gasteiger partial charge < -0.3 is 10.2 Å². The molecule has 0 unspecified atom stereocenters. The quantitative estimate of drug-likeness (QED) is 0.725. The first kappa shape index (κ1) is 21.5. The van der Waals surface area contributed by atoms with E-state index in [1.54, 1.807) is 11.5 Å². The van der Waals surface area contributed by atoms with Gasteiger partial charge in [0.15, 0.2) is 0 Å². The van der Waals surface area contributed by atoms with Gasteiger partial charge in [0.1, 0.15) is 11.5 Å². The Hall–Kier alpha value is -2.38. The van der Waals surface area contributed by atoms with Crippen LogP contribution in [0.3, 0.4) is 0 Å². The minimum Gasteiger partial charge on any atom is -0.353 e. The highest BCUT2D eigenvalue weighted by atomic mass is 32.1. The SMILES string of the molecule is CC1=CC=C(C(=O)NC2CCC(CCN3CCN(c4nsc5ccccc45)CC3)CC2)[N]1. The van der Waals surface area contributed by atoms with Crippen LogP contribution in [0.4, 0.5) is 5.82 Å². The fourth-order valence-corrected chi connectivity index (χ4v) is 5.89. The fourth-order valence-electron chi connectivity index (χ4n) is 5.09. The zero-order chi connectivity index (χ0) is 21.9. The van der Waals surface area contributed by atoms with E-state index in [1.807, 2.05) is 19.1 Å². The van der Waals surface area contributed by atoms with Crippen LogP contribution < -0.4 is 15.5 Å². The van der Waals surface area contributed by atoms with Crippen molar-refractivity contribution in [1.29, 1.82) is 0 Å². The first-order valence-corrected chi connectivity index (χ1v) is 12.7. The first-order valence-electron chi connectivity index (χ1n) is 11.9. The number of rotatable bonds is 6. The van der Waals surface area contributed by atoms with Crippen molar-refractivity contribution in [3.05, 3.63) is 47.8 Å². The van der Waals surface area contributed by atoms with Crippen LogP contribution in [0.25, 0.3) is 10.1 Å². The maximum atomic E-state index is 12.3. The third kappa shape index (κ3) is 4.84. The molecule has 169 valence electrons. The fraction of sp³-hybridized carbons (Fsp3) is 0.520. The van der Waals surface area contributed by atoms with E-state index < -0.39 is 0 Å². The number of nitrogens with zero attached hydrogens (tertiary/aromatic N) is 4. The second-order valence-corrected chi connectivity index (χ2v) is 10.1. The topological polar surface area (TPSA) is 62.6 Å². The van der Waals surface area contributed by atoms with Gasteiger partial charge in [-0.2, -0.15) is 4.37 Å². The molecule has 1 aliphatic carbocycles. The second kappa shape index (κ2) is 9.63. The molecule has 1 radical (unpaired) electrons. The molecular formula is C25H32N5OS. The van der Waals surface area contributed by atoms with Gasteiger partial charge in [0.2, 0.25) is 0 Å². The molecule has 7 heteroatoms. The molecule has 1 N–H and O–H groups in total.